The van der Waals surface area contributed by atoms with Crippen molar-refractivity contribution in [3.05, 3.63) is 93.3 Å². The second-order valence-electron chi connectivity index (χ2n) is 7.85. The summed E-state index contributed by atoms with van der Waals surface area (Å²) in [5, 5.41) is 4.12. The first-order valence-corrected chi connectivity index (χ1v) is 13.7. The minimum Gasteiger partial charge on any atom is -0.462 e. The van der Waals surface area contributed by atoms with E-state index in [1.165, 1.54) is 6.07 Å². The van der Waals surface area contributed by atoms with Gasteiger partial charge in [0.05, 0.1) is 17.1 Å². The molecule has 186 valence electrons. The predicted molar refractivity (Wildman–Crippen MR) is 142 cm³/mol. The van der Waals surface area contributed by atoms with Crippen LogP contribution in [0.4, 0.5) is 5.00 Å². The number of fused-ring (bicyclic) bond motifs is 1. The molecule has 3 aromatic carbocycles. The highest BCUT2D eigenvalue weighted by atomic mass is 35.5. The number of hydrogen-bond acceptors (Lipinski definition) is 6. The quantitative estimate of drug-likeness (QED) is 0.275. The van der Waals surface area contributed by atoms with Crippen molar-refractivity contribution in [2.45, 2.75) is 25.3 Å². The van der Waals surface area contributed by atoms with Crippen molar-refractivity contribution in [2.75, 3.05) is 11.3 Å². The smallest absolute Gasteiger partial charge is 0.348 e. The van der Waals surface area contributed by atoms with Crippen LogP contribution in [0.2, 0.25) is 5.02 Å². The lowest BCUT2D eigenvalue weighted by Crippen LogP contribution is -2.25. The third kappa shape index (κ3) is 5.23. The van der Waals surface area contributed by atoms with Crippen LogP contribution in [0.25, 0.3) is 10.8 Å². The van der Waals surface area contributed by atoms with E-state index >= 15 is 0 Å². The molecule has 36 heavy (non-hydrogen) atoms. The molecule has 1 heterocycles. The third-order valence-electron chi connectivity index (χ3n) is 5.46. The Labute approximate surface area is 218 Å². The molecule has 0 aliphatic rings. The first-order chi connectivity index (χ1) is 17.2. The molecule has 0 saturated carbocycles. The Morgan fingerprint density at radius 2 is 1.69 bits per heavy atom. The molecule has 0 unspecified atom stereocenters. The van der Waals surface area contributed by atoms with Crippen molar-refractivity contribution in [1.82, 2.24) is 5.32 Å². The van der Waals surface area contributed by atoms with E-state index in [0.717, 1.165) is 16.9 Å². The van der Waals surface area contributed by atoms with Gasteiger partial charge in [0.2, 0.25) is 0 Å². The zero-order valence-electron chi connectivity index (χ0n) is 19.5. The summed E-state index contributed by atoms with van der Waals surface area (Å²) < 4.78 is 34.7. The zero-order chi connectivity index (χ0) is 25.9. The summed E-state index contributed by atoms with van der Waals surface area (Å²) in [5.41, 5.74) is 1.27. The Kier molecular flexibility index (Phi) is 7.63. The van der Waals surface area contributed by atoms with Gasteiger partial charge in [0, 0.05) is 17.0 Å². The van der Waals surface area contributed by atoms with Crippen molar-refractivity contribution in [1.29, 1.82) is 0 Å². The molecule has 0 radical (unpaired) electrons. The molecule has 4 rings (SSSR count). The second kappa shape index (κ2) is 10.7. The number of rotatable bonds is 8. The number of esters is 1. The van der Waals surface area contributed by atoms with E-state index in [1.54, 1.807) is 44.2 Å². The number of halogens is 1. The van der Waals surface area contributed by atoms with Gasteiger partial charge in [-0.2, -0.15) is 0 Å². The number of sulfonamides is 1. The Morgan fingerprint density at radius 3 is 2.39 bits per heavy atom. The molecule has 0 atom stereocenters. The summed E-state index contributed by atoms with van der Waals surface area (Å²) in [6.07, 6.45) is 0. The van der Waals surface area contributed by atoms with Crippen LogP contribution in [0.15, 0.2) is 71.6 Å². The van der Waals surface area contributed by atoms with Gasteiger partial charge < -0.3 is 10.1 Å². The fourth-order valence-electron chi connectivity index (χ4n) is 3.78. The van der Waals surface area contributed by atoms with E-state index in [4.69, 9.17) is 16.3 Å². The number of ether oxygens (including phenoxy) is 1. The van der Waals surface area contributed by atoms with Gasteiger partial charge in [-0.1, -0.05) is 66.2 Å². The van der Waals surface area contributed by atoms with Crippen molar-refractivity contribution in [2.24, 2.45) is 0 Å². The maximum Gasteiger partial charge on any atom is 0.348 e. The molecule has 4 aromatic rings. The Balaban J connectivity index is 1.75. The molecule has 0 aliphatic carbocycles. The number of hydrogen-bond donors (Lipinski definition) is 2. The molecule has 2 N–H and O–H groups in total. The number of anilines is 1. The van der Waals surface area contributed by atoms with Crippen molar-refractivity contribution in [3.8, 4) is 0 Å². The first kappa shape index (κ1) is 25.7. The van der Waals surface area contributed by atoms with Crippen molar-refractivity contribution in [3.63, 3.8) is 0 Å². The molecule has 0 fully saturated rings. The Hall–Kier alpha value is -3.40. The maximum absolute atomic E-state index is 13.5. The first-order valence-electron chi connectivity index (χ1n) is 11.1. The largest absolute Gasteiger partial charge is 0.462 e. The van der Waals surface area contributed by atoms with E-state index < -0.39 is 21.9 Å². The molecule has 1 amide bonds. The lowest BCUT2D eigenvalue weighted by molar-refractivity contribution is 0.0531. The van der Waals surface area contributed by atoms with Gasteiger partial charge in [-0.3, -0.25) is 9.52 Å². The monoisotopic (exact) mass is 542 g/mol. The van der Waals surface area contributed by atoms with E-state index in [2.05, 4.69) is 10.0 Å². The molecule has 0 bridgehead atoms. The topological polar surface area (TPSA) is 102 Å². The minimum absolute atomic E-state index is 0.0187. The van der Waals surface area contributed by atoms with Crippen LogP contribution in [0.1, 0.15) is 38.1 Å². The van der Waals surface area contributed by atoms with Crippen LogP contribution in [0, 0.1) is 6.92 Å². The minimum atomic E-state index is -4.18. The van der Waals surface area contributed by atoms with Crippen LogP contribution < -0.4 is 10.0 Å². The standard InChI is InChI=1S/C26H23ClN2O5S2/c1-3-34-26(31)23-16(2)21(24(30)28-15-17-9-5-4-6-10-17)25(35-23)29-36(32,33)20-14-8-12-18-11-7-13-19(27)22(18)20/h4-14,29H,3,15H2,1-2H3,(H,28,30). The number of carbonyl (C=O) groups is 2. The van der Waals surface area contributed by atoms with Crippen LogP contribution in [0.3, 0.4) is 0 Å². The van der Waals surface area contributed by atoms with Gasteiger partial charge in [-0.15, -0.1) is 11.3 Å². The van der Waals surface area contributed by atoms with Crippen molar-refractivity contribution >= 4 is 60.6 Å². The molecule has 0 aliphatic heterocycles. The number of amides is 1. The average molecular weight is 543 g/mol. The number of benzene rings is 3. The van der Waals surface area contributed by atoms with Gasteiger partial charge in [0.25, 0.3) is 15.9 Å². The van der Waals surface area contributed by atoms with E-state index in [-0.39, 0.29) is 38.5 Å². The van der Waals surface area contributed by atoms with Crippen LogP contribution in [-0.4, -0.2) is 26.9 Å². The number of thiophene rings is 1. The summed E-state index contributed by atoms with van der Waals surface area (Å²) in [6.45, 7) is 3.63. The summed E-state index contributed by atoms with van der Waals surface area (Å²) in [5.74, 6) is -1.15. The molecular formula is C26H23ClN2O5S2. The maximum atomic E-state index is 13.5. The van der Waals surface area contributed by atoms with Crippen LogP contribution in [-0.2, 0) is 21.3 Å². The third-order valence-corrected chi connectivity index (χ3v) is 8.49. The molecule has 0 spiro atoms. The molecular weight excluding hydrogens is 520 g/mol. The van der Waals surface area contributed by atoms with Crippen molar-refractivity contribution < 1.29 is 22.7 Å². The molecule has 7 nitrogen and oxygen atoms in total. The van der Waals surface area contributed by atoms with Crippen LogP contribution >= 0.6 is 22.9 Å². The van der Waals surface area contributed by atoms with Gasteiger partial charge in [-0.25, -0.2) is 13.2 Å². The summed E-state index contributed by atoms with van der Waals surface area (Å²) in [7, 11) is -4.18. The number of carbonyl (C=O) groups excluding carboxylic acids is 2. The molecule has 0 saturated heterocycles. The second-order valence-corrected chi connectivity index (χ2v) is 10.9. The fraction of sp³-hybridized carbons (Fsp3) is 0.154. The van der Waals surface area contributed by atoms with E-state index in [1.807, 2.05) is 30.3 Å². The average Bonchev–Trinajstić information content (AvgIpc) is 3.18. The fourth-order valence-corrected chi connectivity index (χ4v) is 6.78. The van der Waals surface area contributed by atoms with Gasteiger partial charge in [0.1, 0.15) is 9.88 Å². The molecule has 10 heteroatoms. The highest BCUT2D eigenvalue weighted by molar-refractivity contribution is 7.93. The Morgan fingerprint density at radius 1 is 1.00 bits per heavy atom. The Bertz CT molecular complexity index is 1540. The van der Waals surface area contributed by atoms with E-state index in [9.17, 15) is 18.0 Å². The lowest BCUT2D eigenvalue weighted by Gasteiger charge is -2.12. The summed E-state index contributed by atoms with van der Waals surface area (Å²) in [4.78, 5) is 25.9. The summed E-state index contributed by atoms with van der Waals surface area (Å²) in [6, 6.07) is 19.2. The van der Waals surface area contributed by atoms with E-state index in [0.29, 0.717) is 16.3 Å². The normalized spacial score (nSPS) is 11.3. The van der Waals surface area contributed by atoms with Gasteiger partial charge in [0.15, 0.2) is 0 Å². The predicted octanol–water partition coefficient (Wildman–Crippen LogP) is 5.77. The number of nitrogens with one attached hydrogen (secondary N) is 2. The SMILES string of the molecule is CCOC(=O)c1sc(NS(=O)(=O)c2cccc3cccc(Cl)c23)c(C(=O)NCc2ccccc2)c1C. The summed E-state index contributed by atoms with van der Waals surface area (Å²) >= 11 is 7.20. The van der Waals surface area contributed by atoms with Crippen LogP contribution in [0.5, 0.6) is 0 Å². The highest BCUT2D eigenvalue weighted by Crippen LogP contribution is 2.37. The van der Waals surface area contributed by atoms with Gasteiger partial charge >= 0.3 is 5.97 Å². The zero-order valence-corrected chi connectivity index (χ0v) is 21.9. The van der Waals surface area contributed by atoms with Gasteiger partial charge in [-0.05, 0) is 42.5 Å². The highest BCUT2D eigenvalue weighted by Gasteiger charge is 2.29. The lowest BCUT2D eigenvalue weighted by atomic mass is 10.1. The molecule has 1 aromatic heterocycles.